The molecule has 2 aromatic rings. The van der Waals surface area contributed by atoms with Crippen LogP contribution in [0.1, 0.15) is 5.82 Å². The topological polar surface area (TPSA) is 97.7 Å². The minimum Gasteiger partial charge on any atom is -0.379 e. The van der Waals surface area contributed by atoms with Gasteiger partial charge in [-0.05, 0) is 12.1 Å². The number of fused-ring (bicyclic) bond motifs is 3. The van der Waals surface area contributed by atoms with Gasteiger partial charge in [0.2, 0.25) is 0 Å². The van der Waals surface area contributed by atoms with E-state index in [1.165, 1.54) is 4.34 Å². The molecule has 23 heavy (non-hydrogen) atoms. The Morgan fingerprint density at radius 3 is 2.87 bits per heavy atom. The zero-order valence-electron chi connectivity index (χ0n) is 12.3. The molecule has 2 aliphatic heterocycles. The van der Waals surface area contributed by atoms with Gasteiger partial charge in [-0.15, -0.1) is 0 Å². The Morgan fingerprint density at radius 1 is 1.26 bits per heavy atom. The minimum absolute atomic E-state index is 0.101. The first-order valence-electron chi connectivity index (χ1n) is 7.29. The van der Waals surface area contributed by atoms with Gasteiger partial charge in [0.25, 0.3) is 0 Å². The summed E-state index contributed by atoms with van der Waals surface area (Å²) in [4.78, 5) is 16.5. The van der Waals surface area contributed by atoms with E-state index < -0.39 is 13.7 Å². The zero-order chi connectivity index (χ0) is 15.9. The number of hydrogen-bond donors (Lipinski definition) is 2. The highest BCUT2D eigenvalue weighted by Gasteiger charge is 2.39. The van der Waals surface area contributed by atoms with E-state index in [1.807, 2.05) is 18.2 Å². The van der Waals surface area contributed by atoms with Crippen LogP contribution in [0.4, 0.5) is 4.79 Å². The van der Waals surface area contributed by atoms with Gasteiger partial charge in [0.1, 0.15) is 12.4 Å². The standard InChI is InChI=1S/C13H16N5O4P/c19-13(15-17-5-7-21-8-6-17)16-23(20)18-11-4-2-1-3-10(11)14-12(18)9-22-23/h1-4H,5-9H2,(H2,15,16,19,20). The van der Waals surface area contributed by atoms with Crippen LogP contribution in [0.2, 0.25) is 0 Å². The smallest absolute Gasteiger partial charge is 0.379 e. The molecule has 1 atom stereocenters. The molecule has 1 fully saturated rings. The molecule has 3 heterocycles. The fraction of sp³-hybridized carbons (Fsp3) is 0.385. The highest BCUT2D eigenvalue weighted by molar-refractivity contribution is 7.56. The number of benzene rings is 1. The lowest BCUT2D eigenvalue weighted by Gasteiger charge is -2.27. The predicted octanol–water partition coefficient (Wildman–Crippen LogP) is 1.07. The number of imidazole rings is 1. The van der Waals surface area contributed by atoms with E-state index in [-0.39, 0.29) is 6.61 Å². The van der Waals surface area contributed by atoms with Crippen LogP contribution in [-0.2, 0) is 20.4 Å². The van der Waals surface area contributed by atoms with E-state index in [4.69, 9.17) is 9.26 Å². The van der Waals surface area contributed by atoms with Crippen molar-refractivity contribution in [3.05, 3.63) is 30.1 Å². The van der Waals surface area contributed by atoms with E-state index in [1.54, 1.807) is 11.1 Å². The van der Waals surface area contributed by atoms with Crippen molar-refractivity contribution in [2.75, 3.05) is 26.3 Å². The number of aromatic nitrogens is 2. The molecule has 1 unspecified atom stereocenters. The fourth-order valence-corrected chi connectivity index (χ4v) is 4.44. The van der Waals surface area contributed by atoms with Crippen molar-refractivity contribution in [3.63, 3.8) is 0 Å². The first-order valence-corrected chi connectivity index (χ1v) is 8.87. The number of urea groups is 1. The highest BCUT2D eigenvalue weighted by atomic mass is 31.2. The third-order valence-corrected chi connectivity index (χ3v) is 5.69. The summed E-state index contributed by atoms with van der Waals surface area (Å²) < 4.78 is 25.1. The van der Waals surface area contributed by atoms with Crippen LogP contribution in [-0.4, -0.2) is 46.7 Å². The Bertz CT molecular complexity index is 801. The Hall–Kier alpha value is -1.93. The average molecular weight is 337 g/mol. The SMILES string of the molecule is O=C(NN1CCOCC1)NP1(=O)OCc2nc3ccccc3n21. The number of nitrogens with one attached hydrogen (secondary N) is 2. The highest BCUT2D eigenvalue weighted by Crippen LogP contribution is 2.52. The van der Waals surface area contributed by atoms with Crippen molar-refractivity contribution in [3.8, 4) is 0 Å². The monoisotopic (exact) mass is 337 g/mol. The van der Waals surface area contributed by atoms with Gasteiger partial charge < -0.3 is 4.74 Å². The lowest BCUT2D eigenvalue weighted by atomic mass is 10.3. The minimum atomic E-state index is -3.55. The molecular formula is C13H16N5O4P. The molecule has 2 amide bonds. The van der Waals surface area contributed by atoms with Gasteiger partial charge in [0.15, 0.2) is 0 Å². The zero-order valence-corrected chi connectivity index (χ0v) is 13.2. The number of morpholine rings is 1. The quantitative estimate of drug-likeness (QED) is 0.796. The van der Waals surface area contributed by atoms with Crippen molar-refractivity contribution in [1.82, 2.24) is 24.8 Å². The van der Waals surface area contributed by atoms with Crippen LogP contribution < -0.4 is 10.5 Å². The largest absolute Gasteiger partial charge is 0.404 e. The van der Waals surface area contributed by atoms with Crippen molar-refractivity contribution in [1.29, 1.82) is 0 Å². The van der Waals surface area contributed by atoms with Crippen molar-refractivity contribution in [2.24, 2.45) is 0 Å². The summed E-state index contributed by atoms with van der Waals surface area (Å²) in [5.41, 5.74) is 4.06. The molecule has 122 valence electrons. The second-order valence-electron chi connectivity index (χ2n) is 5.27. The normalized spacial score (nSPS) is 24.5. The van der Waals surface area contributed by atoms with E-state index in [9.17, 15) is 9.36 Å². The van der Waals surface area contributed by atoms with Crippen LogP contribution in [0.5, 0.6) is 0 Å². The Kier molecular flexibility index (Phi) is 3.57. The maximum absolute atomic E-state index is 13.0. The molecular weight excluding hydrogens is 321 g/mol. The lowest BCUT2D eigenvalue weighted by molar-refractivity contribution is 0.0199. The molecule has 0 bridgehead atoms. The molecule has 0 spiro atoms. The molecule has 10 heteroatoms. The second-order valence-corrected chi connectivity index (χ2v) is 7.20. The number of amides is 2. The van der Waals surface area contributed by atoms with Crippen LogP contribution >= 0.6 is 7.67 Å². The molecule has 9 nitrogen and oxygen atoms in total. The third kappa shape index (κ3) is 2.61. The van der Waals surface area contributed by atoms with Crippen LogP contribution in [0.25, 0.3) is 11.0 Å². The molecule has 1 aromatic heterocycles. The van der Waals surface area contributed by atoms with Gasteiger partial charge in [-0.1, -0.05) is 12.1 Å². The van der Waals surface area contributed by atoms with Crippen molar-refractivity contribution >= 4 is 24.7 Å². The van der Waals surface area contributed by atoms with Gasteiger partial charge in [-0.25, -0.2) is 28.8 Å². The number of rotatable bonds is 2. The molecule has 1 saturated heterocycles. The molecule has 2 N–H and O–H groups in total. The number of hydrazine groups is 1. The number of carbonyl (C=O) groups excluding carboxylic acids is 1. The first kappa shape index (κ1) is 14.6. The number of para-hydroxylation sites is 2. The van der Waals surface area contributed by atoms with Gasteiger partial charge in [0.05, 0.1) is 24.2 Å². The first-order chi connectivity index (χ1) is 11.2. The van der Waals surface area contributed by atoms with Crippen LogP contribution in [0, 0.1) is 0 Å². The number of nitrogens with zero attached hydrogens (tertiary/aromatic N) is 3. The van der Waals surface area contributed by atoms with E-state index >= 15 is 0 Å². The summed E-state index contributed by atoms with van der Waals surface area (Å²) in [6, 6.07) is 6.75. The van der Waals surface area contributed by atoms with Gasteiger partial charge >= 0.3 is 13.7 Å². The Labute approximate surface area is 132 Å². The van der Waals surface area contributed by atoms with E-state index in [0.29, 0.717) is 37.6 Å². The third-order valence-electron chi connectivity index (χ3n) is 3.75. The number of ether oxygens (including phenoxy) is 1. The van der Waals surface area contributed by atoms with E-state index in [0.717, 1.165) is 5.52 Å². The second kappa shape index (κ2) is 5.61. The average Bonchev–Trinajstić information content (AvgIpc) is 3.06. The number of hydrogen-bond acceptors (Lipinski definition) is 6. The number of carbonyl (C=O) groups is 1. The summed E-state index contributed by atoms with van der Waals surface area (Å²) >= 11 is 0. The lowest BCUT2D eigenvalue weighted by Crippen LogP contribution is -2.51. The summed E-state index contributed by atoms with van der Waals surface area (Å²) in [6.45, 7) is 2.36. The predicted molar refractivity (Wildman–Crippen MR) is 81.6 cm³/mol. The van der Waals surface area contributed by atoms with Crippen molar-refractivity contribution in [2.45, 2.75) is 6.61 Å². The maximum Gasteiger partial charge on any atom is 0.404 e. The molecule has 4 rings (SSSR count). The molecule has 0 aliphatic carbocycles. The van der Waals surface area contributed by atoms with Crippen LogP contribution in [0.15, 0.2) is 24.3 Å². The molecule has 2 aliphatic rings. The van der Waals surface area contributed by atoms with E-state index in [2.05, 4.69) is 15.5 Å². The Morgan fingerprint density at radius 2 is 2.04 bits per heavy atom. The summed E-state index contributed by atoms with van der Waals surface area (Å²) in [7, 11) is -3.55. The van der Waals surface area contributed by atoms with Crippen molar-refractivity contribution < 1.29 is 18.6 Å². The molecule has 0 radical (unpaired) electrons. The summed E-state index contributed by atoms with van der Waals surface area (Å²) in [5, 5.41) is 4.18. The summed E-state index contributed by atoms with van der Waals surface area (Å²) in [5.74, 6) is 0.543. The van der Waals surface area contributed by atoms with Gasteiger partial charge in [0, 0.05) is 13.1 Å². The van der Waals surface area contributed by atoms with Gasteiger partial charge in [-0.3, -0.25) is 9.95 Å². The maximum atomic E-state index is 13.0. The molecule has 1 aromatic carbocycles. The Balaban J connectivity index is 1.56. The fourth-order valence-electron chi connectivity index (χ4n) is 2.71. The van der Waals surface area contributed by atoms with Gasteiger partial charge in [-0.2, -0.15) is 0 Å². The van der Waals surface area contributed by atoms with Crippen LogP contribution in [0.3, 0.4) is 0 Å². The molecule has 0 saturated carbocycles. The summed E-state index contributed by atoms with van der Waals surface area (Å²) in [6.07, 6.45) is 0.